The summed E-state index contributed by atoms with van der Waals surface area (Å²) in [4.78, 5) is 68.5. The zero-order valence-corrected chi connectivity index (χ0v) is 60.8. The van der Waals surface area contributed by atoms with Gasteiger partial charge in [-0.25, -0.2) is 34.9 Å². The molecule has 0 aliphatic carbocycles. The highest BCUT2D eigenvalue weighted by atomic mass is 32.1. The van der Waals surface area contributed by atoms with Gasteiger partial charge in [0.15, 0.2) is 21.8 Å². The minimum Gasteiger partial charge on any atom is -0.411 e. The summed E-state index contributed by atoms with van der Waals surface area (Å²) in [5, 5.41) is 21.2. The van der Waals surface area contributed by atoms with Gasteiger partial charge in [0.05, 0.1) is 115 Å². The van der Waals surface area contributed by atoms with Gasteiger partial charge in [-0.05, 0) is 139 Å². The number of rotatable bonds is 15. The predicted octanol–water partition coefficient (Wildman–Crippen LogP) is 18.8. The maximum Gasteiger partial charge on any atom is 0.416 e. The molecule has 2 atom stereocenters. The number of anilines is 3. The second-order valence-electron chi connectivity index (χ2n) is 23.0. The van der Waals surface area contributed by atoms with Crippen LogP contribution < -0.4 is 22.1 Å². The van der Waals surface area contributed by atoms with Gasteiger partial charge in [-0.1, -0.05) is 64.2 Å². The number of pyridine rings is 1. The van der Waals surface area contributed by atoms with E-state index in [4.69, 9.17) is 16.7 Å². The number of amides is 1. The number of nitrogen functional groups attached to an aromatic ring is 1. The van der Waals surface area contributed by atoms with Crippen LogP contribution in [0.5, 0.6) is 0 Å². The van der Waals surface area contributed by atoms with Crippen LogP contribution in [0.4, 0.5) is 68.6 Å². The fraction of sp³-hybridized carbons (Fsp3) is 0.290. The maximum atomic E-state index is 12.7. The standard InChI is InChI=1S/C21H19F3N6OS.C14H13F3N2OS.C14H15F3N2S.C14H12F3NOS.C6H8N2OS/c1-11(27-19(31)15-8-17-16(9-25-15)26-10-30(17)3)18-12(2)28-20(32-18)29-14-6-4-13(5-7-14)21(22,23)24;1-8-13(9(2)19-20)21-12(18-8)7-10-3-5-11(6-4-10)14(15,16)17;1-8(18)13-9(2)19-12(20-13)7-10-3-5-11(6-4-10)14(15,16)17;1-8-13(9(2)19)20-12(18-8)7-10-3-5-11(6-4-10)14(15,16)17;1-3-5(4(2)9)10-6(7)8-3/h4-11H,1-3H3,(H,27,31)(H,28,29);3-6,20H,7H2,1-2H3;3-6,8H,7,18H2,1-2H3;3-6H,7H2,1-2H3;1-2H3,(H2,7,8). The molecule has 0 radical (unpaired) electrons. The number of aromatic nitrogens is 8. The van der Waals surface area contributed by atoms with Crippen molar-refractivity contribution in [1.82, 2.24) is 44.8 Å². The molecule has 546 valence electrons. The van der Waals surface area contributed by atoms with Gasteiger partial charge < -0.3 is 31.9 Å². The number of carbonyl (C=O) groups excluding carboxylic acids is 3. The highest BCUT2D eigenvalue weighted by Gasteiger charge is 2.33. The van der Waals surface area contributed by atoms with Crippen LogP contribution in [0.25, 0.3) is 11.0 Å². The van der Waals surface area contributed by atoms with E-state index in [0.29, 0.717) is 67.6 Å². The number of alkyl halides is 12. The average Bonchev–Trinajstić information content (AvgIpc) is 1.74. The number of imidazole rings is 1. The van der Waals surface area contributed by atoms with Crippen molar-refractivity contribution in [3.63, 3.8) is 0 Å². The van der Waals surface area contributed by atoms with E-state index in [1.54, 1.807) is 46.3 Å². The molecule has 0 saturated heterocycles. The Morgan fingerprint density at radius 1 is 0.534 bits per heavy atom. The average molecular weight is 1530 g/mol. The first-order valence-corrected chi connectivity index (χ1v) is 34.7. The molecule has 0 fully saturated rings. The molecule has 7 N–H and O–H groups in total. The van der Waals surface area contributed by atoms with E-state index in [2.05, 4.69) is 50.7 Å². The Kier molecular flexibility index (Phi) is 27.0. The number of aryl methyl sites for hydroxylation is 6. The lowest BCUT2D eigenvalue weighted by atomic mass is 10.1. The summed E-state index contributed by atoms with van der Waals surface area (Å²) in [6.07, 6.45) is -12.7. The van der Waals surface area contributed by atoms with Crippen LogP contribution in [-0.2, 0) is 51.0 Å². The lowest BCUT2D eigenvalue weighted by Gasteiger charge is -2.12. The van der Waals surface area contributed by atoms with E-state index in [9.17, 15) is 67.1 Å². The van der Waals surface area contributed by atoms with Crippen LogP contribution in [0.3, 0.4) is 0 Å². The van der Waals surface area contributed by atoms with Gasteiger partial charge in [-0.3, -0.25) is 14.4 Å². The first-order chi connectivity index (χ1) is 48.1. The number of halogens is 12. The van der Waals surface area contributed by atoms with Crippen molar-refractivity contribution >= 4 is 107 Å². The Labute approximate surface area is 602 Å². The maximum absolute atomic E-state index is 12.7. The molecule has 0 spiro atoms. The van der Waals surface area contributed by atoms with Crippen LogP contribution in [0.1, 0.15) is 174 Å². The van der Waals surface area contributed by atoms with Gasteiger partial charge in [0.2, 0.25) is 0 Å². The van der Waals surface area contributed by atoms with Crippen LogP contribution in [0, 0.1) is 34.6 Å². The van der Waals surface area contributed by atoms with Crippen molar-refractivity contribution in [2.24, 2.45) is 17.9 Å². The van der Waals surface area contributed by atoms with Gasteiger partial charge in [-0.15, -0.1) is 34.0 Å². The highest BCUT2D eigenvalue weighted by Crippen LogP contribution is 2.36. The number of fused-ring (bicyclic) bond motifs is 1. The largest absolute Gasteiger partial charge is 0.416 e. The number of thiazole rings is 5. The minimum absolute atomic E-state index is 0.0340. The number of oxime groups is 1. The van der Waals surface area contributed by atoms with E-state index in [1.807, 2.05) is 39.3 Å². The summed E-state index contributed by atoms with van der Waals surface area (Å²) in [5.74, 6) is -0.337. The number of carbonyl (C=O) groups is 3. The zero-order chi connectivity index (χ0) is 76.2. The molecular formula is C69H67F12N13O4S5. The monoisotopic (exact) mass is 1530 g/mol. The third kappa shape index (κ3) is 22.8. The van der Waals surface area contributed by atoms with E-state index in [-0.39, 0.29) is 35.3 Å². The molecule has 11 rings (SSSR count). The molecule has 2 unspecified atom stereocenters. The molecule has 0 bridgehead atoms. The van der Waals surface area contributed by atoms with Gasteiger partial charge in [0.25, 0.3) is 5.91 Å². The molecule has 4 aromatic carbocycles. The number of nitrogens with two attached hydrogens (primary N) is 2. The Bertz CT molecular complexity index is 4750. The van der Waals surface area contributed by atoms with Crippen molar-refractivity contribution < 1.29 is 72.3 Å². The smallest absolute Gasteiger partial charge is 0.411 e. The Balaban J connectivity index is 0.000000187. The van der Waals surface area contributed by atoms with Gasteiger partial charge in [0, 0.05) is 56.8 Å². The summed E-state index contributed by atoms with van der Waals surface area (Å²) < 4.78 is 152. The molecule has 0 saturated carbocycles. The van der Waals surface area contributed by atoms with E-state index >= 15 is 0 Å². The number of nitrogens with one attached hydrogen (secondary N) is 2. The zero-order valence-electron chi connectivity index (χ0n) is 56.7. The normalized spacial score (nSPS) is 12.4. The summed E-state index contributed by atoms with van der Waals surface area (Å²) in [6, 6.07) is 21.2. The molecular weight excluding hydrogens is 1460 g/mol. The molecule has 7 heterocycles. The van der Waals surface area contributed by atoms with Crippen molar-refractivity contribution in [1.29, 1.82) is 0 Å². The van der Waals surface area contributed by atoms with Crippen LogP contribution in [-0.4, -0.2) is 67.8 Å². The quantitative estimate of drug-likeness (QED) is 0.0210. The van der Waals surface area contributed by atoms with E-state index < -0.39 is 47.0 Å². The van der Waals surface area contributed by atoms with Crippen molar-refractivity contribution in [3.05, 3.63) is 228 Å². The van der Waals surface area contributed by atoms with Crippen LogP contribution in [0.2, 0.25) is 0 Å². The third-order valence-corrected chi connectivity index (χ3v) is 20.9. The molecule has 103 heavy (non-hydrogen) atoms. The molecule has 34 heteroatoms. The molecule has 17 nitrogen and oxygen atoms in total. The summed E-state index contributed by atoms with van der Waals surface area (Å²) in [5.41, 5.74) is 17.3. The number of Topliss-reactive ketones (excluding diaryl/α,β-unsaturated/α-hetero) is 2. The summed E-state index contributed by atoms with van der Waals surface area (Å²) in [7, 11) is 1.84. The number of hydrogen-bond acceptors (Lipinski definition) is 20. The predicted molar refractivity (Wildman–Crippen MR) is 377 cm³/mol. The SMILES string of the molecule is CC(=NO)c1sc(Cc2ccc(C(F)(F)F)cc2)nc1C.CC(=O)c1sc(Cc2ccc(C(F)(F)F)cc2)nc1C.CC(=O)c1sc(N)nc1C.Cc1nc(Cc2ccc(C(F)(F)F)cc2)sc1C(C)N.Cc1nc(Nc2ccc(C(F)(F)F)cc2)sc1C(C)NC(=O)c1cc2c(cn1)ncn2C. The number of ketones is 2. The number of hydrogen-bond donors (Lipinski definition) is 5. The van der Waals surface area contributed by atoms with Gasteiger partial charge >= 0.3 is 24.7 Å². The van der Waals surface area contributed by atoms with Crippen molar-refractivity contribution in [2.45, 2.75) is 125 Å². The topological polar surface area (TPSA) is 255 Å². The fourth-order valence-electron chi connectivity index (χ4n) is 9.65. The minimum atomic E-state index is -4.38. The van der Waals surface area contributed by atoms with Crippen molar-refractivity contribution in [2.75, 3.05) is 11.1 Å². The first-order valence-electron chi connectivity index (χ1n) is 30.6. The highest BCUT2D eigenvalue weighted by molar-refractivity contribution is 7.17. The van der Waals surface area contributed by atoms with Crippen molar-refractivity contribution in [3.8, 4) is 0 Å². The fourth-order valence-corrected chi connectivity index (χ4v) is 14.5. The Morgan fingerprint density at radius 3 is 1.32 bits per heavy atom. The first kappa shape index (κ1) is 81.0. The van der Waals surface area contributed by atoms with Gasteiger partial charge in [-0.2, -0.15) is 52.7 Å². The van der Waals surface area contributed by atoms with Crippen LogP contribution >= 0.6 is 56.7 Å². The number of nitrogens with zero attached hydrogens (tertiary/aromatic N) is 9. The second-order valence-corrected chi connectivity index (χ2v) is 28.4. The lowest BCUT2D eigenvalue weighted by molar-refractivity contribution is -0.138. The molecule has 0 aliphatic heterocycles. The van der Waals surface area contributed by atoms with Crippen LogP contribution in [0.15, 0.2) is 121 Å². The van der Waals surface area contributed by atoms with Gasteiger partial charge in [0.1, 0.15) is 11.2 Å². The molecule has 11 aromatic rings. The van der Waals surface area contributed by atoms with E-state index in [0.717, 1.165) is 117 Å². The Morgan fingerprint density at radius 2 is 0.932 bits per heavy atom. The third-order valence-electron chi connectivity index (χ3n) is 14.7. The van der Waals surface area contributed by atoms with E-state index in [1.165, 1.54) is 119 Å². The summed E-state index contributed by atoms with van der Waals surface area (Å²) >= 11 is 6.74. The number of benzene rings is 4. The Hall–Kier alpha value is -9.35. The summed E-state index contributed by atoms with van der Waals surface area (Å²) in [6.45, 7) is 17.4. The molecule has 7 aromatic heterocycles. The second kappa shape index (κ2) is 34.3. The molecule has 0 aliphatic rings. The lowest BCUT2D eigenvalue weighted by Crippen LogP contribution is -2.27. The molecule has 1 amide bonds.